The van der Waals surface area contributed by atoms with Crippen molar-refractivity contribution in [1.29, 1.82) is 0 Å². The number of sulfonamides is 1. The smallest absolute Gasteiger partial charge is 0.322 e. The van der Waals surface area contributed by atoms with E-state index < -0.39 is 39.4 Å². The molecule has 3 aromatic carbocycles. The molecule has 178 valence electrons. The zero-order valence-electron chi connectivity index (χ0n) is 17.7. The topological polar surface area (TPSA) is 89.3 Å². The number of aryl methyl sites for hydroxylation is 1. The van der Waals surface area contributed by atoms with Crippen LogP contribution in [0.3, 0.4) is 0 Å². The summed E-state index contributed by atoms with van der Waals surface area (Å²) in [6.07, 6.45) is -2.92. The van der Waals surface area contributed by atoms with Gasteiger partial charge in [-0.2, -0.15) is 13.2 Å². The maximum absolute atomic E-state index is 13.7. The van der Waals surface area contributed by atoms with Gasteiger partial charge >= 0.3 is 6.18 Å². The number of hydrogen-bond donors (Lipinski definition) is 2. The lowest BCUT2D eigenvalue weighted by atomic mass is 9.77. The normalized spacial score (nSPS) is 16.1. The van der Waals surface area contributed by atoms with Crippen molar-refractivity contribution in [1.82, 2.24) is 0 Å². The van der Waals surface area contributed by atoms with Crippen molar-refractivity contribution in [2.45, 2.75) is 36.3 Å². The molecule has 3 aromatic rings. The van der Waals surface area contributed by atoms with E-state index in [4.69, 9.17) is 5.14 Å². The van der Waals surface area contributed by atoms with E-state index in [0.29, 0.717) is 30.4 Å². The van der Waals surface area contributed by atoms with Crippen molar-refractivity contribution < 1.29 is 30.8 Å². The molecule has 5 nitrogen and oxygen atoms in total. The number of halogens is 4. The number of alkyl halides is 3. The summed E-state index contributed by atoms with van der Waals surface area (Å²) >= 11 is 0. The molecule has 1 aliphatic carbocycles. The Kier molecular flexibility index (Phi) is 6.22. The van der Waals surface area contributed by atoms with Crippen molar-refractivity contribution in [3.63, 3.8) is 0 Å². The van der Waals surface area contributed by atoms with E-state index >= 15 is 0 Å². The molecule has 0 saturated carbocycles. The van der Waals surface area contributed by atoms with Gasteiger partial charge in [-0.05, 0) is 84.5 Å². The molecule has 1 unspecified atom stereocenters. The Hall–Kier alpha value is -3.24. The molecule has 10 heteroatoms. The number of carbonyl (C=O) groups is 1. The quantitative estimate of drug-likeness (QED) is 0.490. The lowest BCUT2D eigenvalue weighted by Crippen LogP contribution is -2.20. The van der Waals surface area contributed by atoms with Gasteiger partial charge in [0.05, 0.1) is 10.5 Å². The third kappa shape index (κ3) is 4.97. The van der Waals surface area contributed by atoms with Crippen LogP contribution in [-0.4, -0.2) is 14.3 Å². The van der Waals surface area contributed by atoms with Crippen molar-refractivity contribution in [2.24, 2.45) is 5.14 Å². The van der Waals surface area contributed by atoms with Crippen LogP contribution in [0.25, 0.3) is 0 Å². The minimum Gasteiger partial charge on any atom is -0.322 e. The van der Waals surface area contributed by atoms with E-state index in [9.17, 15) is 30.8 Å². The summed E-state index contributed by atoms with van der Waals surface area (Å²) < 4.78 is 77.5. The molecule has 4 rings (SSSR count). The summed E-state index contributed by atoms with van der Waals surface area (Å²) in [5.41, 5.74) is 0.773. The maximum Gasteiger partial charge on any atom is 0.416 e. The third-order valence-corrected chi connectivity index (χ3v) is 6.75. The molecule has 0 spiro atoms. The molecule has 0 radical (unpaired) electrons. The van der Waals surface area contributed by atoms with Crippen LogP contribution in [0.15, 0.2) is 65.6 Å². The van der Waals surface area contributed by atoms with E-state index in [0.717, 1.165) is 24.3 Å². The van der Waals surface area contributed by atoms with Gasteiger partial charge in [0.2, 0.25) is 10.0 Å². The summed E-state index contributed by atoms with van der Waals surface area (Å²) in [6, 6.07) is 12.3. The highest BCUT2D eigenvalue weighted by Gasteiger charge is 2.34. The summed E-state index contributed by atoms with van der Waals surface area (Å²) in [5.74, 6) is -1.68. The number of fused-ring (bicyclic) bond motifs is 1. The van der Waals surface area contributed by atoms with Gasteiger partial charge in [0.25, 0.3) is 5.91 Å². The molecule has 0 saturated heterocycles. The second-order valence-corrected chi connectivity index (χ2v) is 9.68. The molecular weight excluding hydrogens is 472 g/mol. The fourth-order valence-electron chi connectivity index (χ4n) is 4.29. The summed E-state index contributed by atoms with van der Waals surface area (Å²) in [5, 5.41) is 7.67. The fraction of sp³-hybridized carbons (Fsp3) is 0.208. The Balaban J connectivity index is 1.78. The van der Waals surface area contributed by atoms with Crippen LogP contribution in [0.5, 0.6) is 0 Å². The predicted octanol–water partition coefficient (Wildman–Crippen LogP) is 5.21. The number of amides is 1. The first-order valence-electron chi connectivity index (χ1n) is 10.4. The van der Waals surface area contributed by atoms with Crippen LogP contribution >= 0.6 is 0 Å². The Morgan fingerprint density at radius 2 is 1.76 bits per heavy atom. The van der Waals surface area contributed by atoms with Crippen LogP contribution in [0.1, 0.15) is 51.4 Å². The van der Waals surface area contributed by atoms with Gasteiger partial charge in [-0.1, -0.05) is 12.1 Å². The fourth-order valence-corrected chi connectivity index (χ4v) is 4.85. The van der Waals surface area contributed by atoms with Gasteiger partial charge in [0, 0.05) is 17.2 Å². The van der Waals surface area contributed by atoms with Gasteiger partial charge < -0.3 is 5.32 Å². The molecule has 0 aliphatic heterocycles. The molecule has 1 atom stereocenters. The standard InChI is InChI=1S/C24H20F4N2O3S/c25-16-8-10-19-14(11-16)3-1-6-20(19)22-12-15(24(26,27)28)7-9-21(22)23(31)30-17-4-2-5-18(13-17)34(29,32)33/h2,4-5,7-13,20H,1,3,6H2,(H,30,31)(H2,29,32,33). The minimum atomic E-state index is -4.62. The zero-order chi connectivity index (χ0) is 24.7. The largest absolute Gasteiger partial charge is 0.416 e. The average Bonchev–Trinajstić information content (AvgIpc) is 2.77. The van der Waals surface area contributed by atoms with Crippen LogP contribution in [-0.2, 0) is 22.6 Å². The number of nitrogens with one attached hydrogen (secondary N) is 1. The Morgan fingerprint density at radius 1 is 1.00 bits per heavy atom. The van der Waals surface area contributed by atoms with Crippen LogP contribution in [0.4, 0.5) is 23.2 Å². The van der Waals surface area contributed by atoms with Gasteiger partial charge in [-0.3, -0.25) is 4.79 Å². The highest BCUT2D eigenvalue weighted by molar-refractivity contribution is 7.89. The second-order valence-electron chi connectivity index (χ2n) is 8.11. The van der Waals surface area contributed by atoms with E-state index in [1.165, 1.54) is 30.3 Å². The number of rotatable bonds is 4. The Bertz CT molecular complexity index is 1370. The number of carbonyl (C=O) groups excluding carboxylic acids is 1. The van der Waals surface area contributed by atoms with Gasteiger partial charge in [0.1, 0.15) is 5.82 Å². The first-order valence-corrected chi connectivity index (χ1v) is 11.9. The highest BCUT2D eigenvalue weighted by Crippen LogP contribution is 2.41. The number of nitrogens with two attached hydrogens (primary N) is 1. The van der Waals surface area contributed by atoms with Crippen molar-refractivity contribution in [2.75, 3.05) is 5.32 Å². The summed E-state index contributed by atoms with van der Waals surface area (Å²) in [4.78, 5) is 12.9. The predicted molar refractivity (Wildman–Crippen MR) is 118 cm³/mol. The first-order chi connectivity index (χ1) is 15.9. The molecule has 0 heterocycles. The van der Waals surface area contributed by atoms with Crippen LogP contribution < -0.4 is 10.5 Å². The maximum atomic E-state index is 13.7. The molecule has 1 aliphatic rings. The van der Waals surface area contributed by atoms with Crippen molar-refractivity contribution in [3.8, 4) is 0 Å². The van der Waals surface area contributed by atoms with E-state index in [1.807, 2.05) is 0 Å². The van der Waals surface area contributed by atoms with Crippen molar-refractivity contribution in [3.05, 3.63) is 94.3 Å². The van der Waals surface area contributed by atoms with Crippen LogP contribution in [0.2, 0.25) is 0 Å². The number of hydrogen-bond acceptors (Lipinski definition) is 3. The molecule has 0 bridgehead atoms. The van der Waals surface area contributed by atoms with E-state index in [1.54, 1.807) is 6.07 Å². The number of primary sulfonamides is 1. The minimum absolute atomic E-state index is 0.0104. The lowest BCUT2D eigenvalue weighted by Gasteiger charge is -2.28. The Morgan fingerprint density at radius 3 is 2.47 bits per heavy atom. The van der Waals surface area contributed by atoms with Gasteiger partial charge in [-0.25, -0.2) is 17.9 Å². The number of benzene rings is 3. The lowest BCUT2D eigenvalue weighted by molar-refractivity contribution is -0.137. The highest BCUT2D eigenvalue weighted by atomic mass is 32.2. The molecule has 1 amide bonds. The third-order valence-electron chi connectivity index (χ3n) is 5.84. The van der Waals surface area contributed by atoms with E-state index in [2.05, 4.69) is 5.32 Å². The summed E-state index contributed by atoms with van der Waals surface area (Å²) in [7, 11) is -4.02. The van der Waals surface area contributed by atoms with Gasteiger partial charge in [0.15, 0.2) is 0 Å². The molecule has 0 fully saturated rings. The molecule has 34 heavy (non-hydrogen) atoms. The molecule has 0 aromatic heterocycles. The zero-order valence-corrected chi connectivity index (χ0v) is 18.5. The SMILES string of the molecule is NS(=O)(=O)c1cccc(NC(=O)c2ccc(C(F)(F)F)cc2C2CCCc3cc(F)ccc32)c1. The molecule has 3 N–H and O–H groups in total. The number of anilines is 1. The first kappa shape index (κ1) is 23.9. The summed E-state index contributed by atoms with van der Waals surface area (Å²) in [6.45, 7) is 0. The van der Waals surface area contributed by atoms with Crippen LogP contribution in [0, 0.1) is 5.82 Å². The van der Waals surface area contributed by atoms with Gasteiger partial charge in [-0.15, -0.1) is 0 Å². The van der Waals surface area contributed by atoms with Crippen molar-refractivity contribution >= 4 is 21.6 Å². The monoisotopic (exact) mass is 492 g/mol. The average molecular weight is 492 g/mol. The molecular formula is C24H20F4N2O3S. The second kappa shape index (κ2) is 8.84. The van der Waals surface area contributed by atoms with E-state index in [-0.39, 0.29) is 21.7 Å². The Labute approximate surface area is 193 Å².